The highest BCUT2D eigenvalue weighted by atomic mass is 32.2. The van der Waals surface area contributed by atoms with E-state index in [0.717, 1.165) is 12.8 Å². The van der Waals surface area contributed by atoms with Gasteiger partial charge in [-0.2, -0.15) is 0 Å². The first-order valence-electron chi connectivity index (χ1n) is 12.0. The highest BCUT2D eigenvalue weighted by Gasteiger charge is 2.20. The normalized spacial score (nSPS) is 17.4. The molecule has 2 aromatic carbocycles. The predicted molar refractivity (Wildman–Crippen MR) is 149 cm³/mol. The first kappa shape index (κ1) is 26.8. The topological polar surface area (TPSA) is 126 Å². The Morgan fingerprint density at radius 1 is 1.03 bits per heavy atom. The van der Waals surface area contributed by atoms with E-state index in [1.54, 1.807) is 56.4 Å². The smallest absolute Gasteiger partial charge is 0.263 e. The van der Waals surface area contributed by atoms with Gasteiger partial charge in [0.25, 0.3) is 10.0 Å². The molecule has 1 amide bonds. The SMILES string of the molecule is COC1=C/C(Nc2nc3ccccc3nc2NS(=O)(=O)c2cccc(NC(=O)CN(C)C)c2)=C/CC\C=C\1. The van der Waals surface area contributed by atoms with Crippen molar-refractivity contribution in [2.45, 2.75) is 17.7 Å². The Hall–Kier alpha value is -4.22. The number of methoxy groups -OCH3 is 1. The van der Waals surface area contributed by atoms with Crippen molar-refractivity contribution in [1.82, 2.24) is 14.9 Å². The maximum Gasteiger partial charge on any atom is 0.263 e. The van der Waals surface area contributed by atoms with Gasteiger partial charge < -0.3 is 20.3 Å². The maximum absolute atomic E-state index is 13.4. The van der Waals surface area contributed by atoms with Gasteiger partial charge in [-0.1, -0.05) is 30.4 Å². The first-order valence-corrected chi connectivity index (χ1v) is 13.5. The van der Waals surface area contributed by atoms with Gasteiger partial charge in [-0.25, -0.2) is 18.4 Å². The number of nitrogens with zero attached hydrogens (tertiary/aromatic N) is 3. The van der Waals surface area contributed by atoms with Gasteiger partial charge in [0.1, 0.15) is 5.76 Å². The largest absolute Gasteiger partial charge is 0.497 e. The molecular formula is C27H30N6O4S. The number of carbonyl (C=O) groups is 1. The summed E-state index contributed by atoms with van der Waals surface area (Å²) in [6, 6.07) is 13.2. The van der Waals surface area contributed by atoms with E-state index in [4.69, 9.17) is 4.74 Å². The lowest BCUT2D eigenvalue weighted by Crippen LogP contribution is -2.27. The molecule has 0 atom stereocenters. The first-order chi connectivity index (χ1) is 18.2. The Bertz CT molecular complexity index is 1530. The fourth-order valence-electron chi connectivity index (χ4n) is 3.72. The molecule has 0 aliphatic heterocycles. The molecule has 1 aliphatic rings. The number of hydrogen-bond donors (Lipinski definition) is 3. The number of rotatable bonds is 9. The molecule has 0 radical (unpaired) electrons. The molecular weight excluding hydrogens is 504 g/mol. The number of hydrogen-bond acceptors (Lipinski definition) is 8. The third kappa shape index (κ3) is 6.96. The molecule has 0 unspecified atom stereocenters. The number of para-hydroxylation sites is 2. The molecule has 0 fully saturated rings. The molecule has 11 heteroatoms. The second-order valence-electron chi connectivity index (χ2n) is 8.84. The fourth-order valence-corrected chi connectivity index (χ4v) is 4.77. The van der Waals surface area contributed by atoms with Gasteiger partial charge in [-0.15, -0.1) is 0 Å². The molecule has 1 aromatic heterocycles. The van der Waals surface area contributed by atoms with E-state index in [-0.39, 0.29) is 29.0 Å². The number of anilines is 3. The minimum Gasteiger partial charge on any atom is -0.497 e. The second kappa shape index (κ2) is 11.9. The van der Waals surface area contributed by atoms with E-state index in [2.05, 4.69) is 25.3 Å². The third-order valence-electron chi connectivity index (χ3n) is 5.47. The summed E-state index contributed by atoms with van der Waals surface area (Å²) < 4.78 is 34.8. The van der Waals surface area contributed by atoms with Crippen molar-refractivity contribution in [2.75, 3.05) is 43.1 Å². The number of nitrogens with one attached hydrogen (secondary N) is 3. The third-order valence-corrected chi connectivity index (χ3v) is 6.80. The van der Waals surface area contributed by atoms with Crippen LogP contribution in [-0.4, -0.2) is 56.9 Å². The number of aromatic nitrogens is 2. The quantitative estimate of drug-likeness (QED) is 0.375. The van der Waals surface area contributed by atoms with Crippen molar-refractivity contribution in [3.63, 3.8) is 0 Å². The lowest BCUT2D eigenvalue weighted by atomic mass is 10.2. The number of allylic oxidation sites excluding steroid dienone is 4. The van der Waals surface area contributed by atoms with E-state index >= 15 is 0 Å². The molecule has 10 nitrogen and oxygen atoms in total. The van der Waals surface area contributed by atoms with Crippen LogP contribution in [0.2, 0.25) is 0 Å². The van der Waals surface area contributed by atoms with Crippen LogP contribution in [0, 0.1) is 0 Å². The zero-order valence-electron chi connectivity index (χ0n) is 21.4. The van der Waals surface area contributed by atoms with E-state index in [1.165, 1.54) is 12.1 Å². The van der Waals surface area contributed by atoms with Crippen LogP contribution in [0.4, 0.5) is 17.3 Å². The minimum atomic E-state index is -4.08. The van der Waals surface area contributed by atoms with Crippen LogP contribution >= 0.6 is 0 Å². The molecule has 0 saturated heterocycles. The van der Waals surface area contributed by atoms with Gasteiger partial charge >= 0.3 is 0 Å². The molecule has 3 aromatic rings. The number of carbonyl (C=O) groups excluding carboxylic acids is 1. The summed E-state index contributed by atoms with van der Waals surface area (Å²) in [7, 11) is 1.05. The summed E-state index contributed by atoms with van der Waals surface area (Å²) in [5.41, 5.74) is 2.20. The van der Waals surface area contributed by atoms with Gasteiger partial charge in [0, 0.05) is 17.5 Å². The van der Waals surface area contributed by atoms with Crippen LogP contribution in [0.3, 0.4) is 0 Å². The van der Waals surface area contributed by atoms with E-state index < -0.39 is 10.0 Å². The van der Waals surface area contributed by atoms with Crippen LogP contribution < -0.4 is 15.4 Å². The zero-order valence-corrected chi connectivity index (χ0v) is 22.2. The molecule has 1 heterocycles. The van der Waals surface area contributed by atoms with Crippen molar-refractivity contribution in [3.8, 4) is 0 Å². The summed E-state index contributed by atoms with van der Waals surface area (Å²) in [5.74, 6) is 0.671. The van der Waals surface area contributed by atoms with Gasteiger partial charge in [0.2, 0.25) is 5.91 Å². The zero-order chi connectivity index (χ0) is 27.1. The summed E-state index contributed by atoms with van der Waals surface area (Å²) in [4.78, 5) is 23.0. The minimum absolute atomic E-state index is 0.0297. The summed E-state index contributed by atoms with van der Waals surface area (Å²) in [5, 5.41) is 5.93. The molecule has 4 rings (SSSR count). The summed E-state index contributed by atoms with van der Waals surface area (Å²) >= 11 is 0. The molecule has 0 spiro atoms. The lowest BCUT2D eigenvalue weighted by molar-refractivity contribution is -0.116. The van der Waals surface area contributed by atoms with Crippen LogP contribution in [-0.2, 0) is 19.6 Å². The van der Waals surface area contributed by atoms with Crippen molar-refractivity contribution < 1.29 is 17.9 Å². The van der Waals surface area contributed by atoms with Crippen molar-refractivity contribution in [3.05, 3.63) is 84.3 Å². The van der Waals surface area contributed by atoms with Crippen molar-refractivity contribution in [2.24, 2.45) is 0 Å². The van der Waals surface area contributed by atoms with E-state index in [9.17, 15) is 13.2 Å². The van der Waals surface area contributed by atoms with Crippen molar-refractivity contribution >= 4 is 44.3 Å². The van der Waals surface area contributed by atoms with Gasteiger partial charge in [-0.05, 0) is 63.3 Å². The molecule has 1 aliphatic carbocycles. The Morgan fingerprint density at radius 2 is 1.76 bits per heavy atom. The van der Waals surface area contributed by atoms with Crippen molar-refractivity contribution in [1.29, 1.82) is 0 Å². The number of ether oxygens (including phenoxy) is 1. The second-order valence-corrected chi connectivity index (χ2v) is 10.5. The highest BCUT2D eigenvalue weighted by Crippen LogP contribution is 2.27. The van der Waals surface area contributed by atoms with Gasteiger partial charge in [0.05, 0.1) is 29.6 Å². The Morgan fingerprint density at radius 3 is 2.47 bits per heavy atom. The standard InChI is InChI=1S/C27H30N6O4S/c1-33(2)18-25(34)28-20-11-9-13-22(17-20)38(35,36)32-27-26(30-23-14-7-8-15-24(23)31-27)29-19-10-5-4-6-12-21(16-19)37-3/h6-17H,4-5,18H2,1-3H3,(H,28,34)(H,29,30)(H,31,32)/b12-6+,19-10-,21-16+. The van der Waals surface area contributed by atoms with E-state index in [1.807, 2.05) is 30.4 Å². The molecule has 38 heavy (non-hydrogen) atoms. The molecule has 198 valence electrons. The van der Waals surface area contributed by atoms with Gasteiger partial charge in [-0.3, -0.25) is 9.52 Å². The Balaban J connectivity index is 1.68. The maximum atomic E-state index is 13.4. The Labute approximate surface area is 222 Å². The number of amides is 1. The lowest BCUT2D eigenvalue weighted by Gasteiger charge is -2.16. The fraction of sp³-hybridized carbons (Fsp3) is 0.222. The van der Waals surface area contributed by atoms with Crippen LogP contribution in [0.5, 0.6) is 0 Å². The summed E-state index contributed by atoms with van der Waals surface area (Å²) in [6.45, 7) is 0.168. The monoisotopic (exact) mass is 534 g/mol. The number of benzene rings is 2. The molecule has 3 N–H and O–H groups in total. The number of likely N-dealkylation sites (N-methyl/N-ethyl adjacent to an activating group) is 1. The van der Waals surface area contributed by atoms with Gasteiger partial charge in [0.15, 0.2) is 11.6 Å². The number of fused-ring (bicyclic) bond motifs is 1. The van der Waals surface area contributed by atoms with Crippen LogP contribution in [0.1, 0.15) is 12.8 Å². The molecule has 0 bridgehead atoms. The number of sulfonamides is 1. The average molecular weight is 535 g/mol. The Kier molecular flexibility index (Phi) is 8.39. The van der Waals surface area contributed by atoms with Crippen LogP contribution in [0.25, 0.3) is 11.0 Å². The average Bonchev–Trinajstić information content (AvgIpc) is 2.85. The highest BCUT2D eigenvalue weighted by molar-refractivity contribution is 7.92. The van der Waals surface area contributed by atoms with Crippen LogP contribution in [0.15, 0.2) is 89.2 Å². The van der Waals surface area contributed by atoms with E-state index in [0.29, 0.717) is 28.2 Å². The molecule has 0 saturated carbocycles. The predicted octanol–water partition coefficient (Wildman–Crippen LogP) is 4.11. The summed E-state index contributed by atoms with van der Waals surface area (Å²) in [6.07, 6.45) is 9.31.